The van der Waals surface area contributed by atoms with Gasteiger partial charge in [0, 0.05) is 39.1 Å². The van der Waals surface area contributed by atoms with E-state index in [0.29, 0.717) is 42.1 Å². The lowest BCUT2D eigenvalue weighted by Crippen LogP contribution is -2.56. The minimum atomic E-state index is -1.37. The standard InChI is InChI=1S/C25H31ClN2O6.C4H9NO2.CH3Cl/c1-15-6-4-5-9-25(31)14-17(33-24(30)27-25)13-20-19(34-20)7-8-22(29)28(2)18-11-16(10-15)12-21(32-3)23(18)26;1-3(5-2)4(6)7;1-2/h4-6,11-12,17,19-20,31H,7-10,13-14H2,1-3H3,(H,27,30);3,5H,1-2H3,(H,6,7);1H3/b5-4+,15-6+;;/t17?,19?,20?,25-;3-;/m10./s1. The summed E-state index contributed by atoms with van der Waals surface area (Å²) in [6.07, 6.45) is 8.33. The van der Waals surface area contributed by atoms with Crippen LogP contribution < -0.4 is 20.3 Å². The Morgan fingerprint density at radius 1 is 1.28 bits per heavy atom. The summed E-state index contributed by atoms with van der Waals surface area (Å²) in [5.41, 5.74) is 1.25. The molecule has 3 heterocycles. The van der Waals surface area contributed by atoms with Gasteiger partial charge in [0.25, 0.3) is 0 Å². The number of anilines is 1. The van der Waals surface area contributed by atoms with Crippen molar-refractivity contribution in [1.82, 2.24) is 10.6 Å². The van der Waals surface area contributed by atoms with Gasteiger partial charge in [0.1, 0.15) is 28.6 Å². The maximum absolute atomic E-state index is 12.9. The Hall–Kier alpha value is -2.83. The summed E-state index contributed by atoms with van der Waals surface area (Å²) in [5.74, 6) is -0.382. The second-order valence-corrected chi connectivity index (χ2v) is 11.0. The number of aliphatic hydroxyl groups is 1. The molecular weight excluding hydrogens is 601 g/mol. The highest BCUT2D eigenvalue weighted by molar-refractivity contribution is 6.35. The number of hydrogen-bond acceptors (Lipinski definition) is 8. The van der Waals surface area contributed by atoms with Crippen molar-refractivity contribution in [2.24, 2.45) is 0 Å². The molecule has 43 heavy (non-hydrogen) atoms. The van der Waals surface area contributed by atoms with E-state index in [0.717, 1.165) is 11.1 Å². The van der Waals surface area contributed by atoms with Gasteiger partial charge < -0.3 is 34.6 Å². The molecule has 4 N–H and O–H groups in total. The molecule has 4 bridgehead atoms. The molecule has 3 unspecified atom stereocenters. The number of benzene rings is 1. The number of carbonyl (C=O) groups is 3. The van der Waals surface area contributed by atoms with E-state index in [2.05, 4.69) is 22.2 Å². The van der Waals surface area contributed by atoms with Gasteiger partial charge in [0.05, 0.1) is 25.0 Å². The summed E-state index contributed by atoms with van der Waals surface area (Å²) in [4.78, 5) is 36.4. The van der Waals surface area contributed by atoms with Crippen molar-refractivity contribution >= 4 is 46.9 Å². The van der Waals surface area contributed by atoms with Crippen molar-refractivity contribution in [3.05, 3.63) is 46.5 Å². The lowest BCUT2D eigenvalue weighted by molar-refractivity contribution is -0.138. The number of carbonyl (C=O) groups excluding carboxylic acids is 2. The molecule has 4 rings (SSSR count). The first-order valence-electron chi connectivity index (χ1n) is 14.0. The van der Waals surface area contributed by atoms with Crippen LogP contribution in [0.3, 0.4) is 0 Å². The van der Waals surface area contributed by atoms with Crippen LogP contribution in [0.1, 0.15) is 51.5 Å². The maximum Gasteiger partial charge on any atom is 0.409 e. The van der Waals surface area contributed by atoms with Gasteiger partial charge in [0.2, 0.25) is 5.91 Å². The second kappa shape index (κ2) is 16.9. The van der Waals surface area contributed by atoms with E-state index in [1.54, 1.807) is 33.0 Å². The number of carboxylic acid groups (broad SMARTS) is 1. The number of hydrogen-bond donors (Lipinski definition) is 4. The Labute approximate surface area is 263 Å². The lowest BCUT2D eigenvalue weighted by atomic mass is 9.96. The van der Waals surface area contributed by atoms with E-state index in [1.165, 1.54) is 6.38 Å². The third kappa shape index (κ3) is 11.0. The lowest BCUT2D eigenvalue weighted by Gasteiger charge is -2.36. The summed E-state index contributed by atoms with van der Waals surface area (Å²) in [5, 5.41) is 24.5. The minimum absolute atomic E-state index is 0.0777. The number of methoxy groups -OCH3 is 1. The van der Waals surface area contributed by atoms with Crippen molar-refractivity contribution < 1.29 is 38.8 Å². The number of carboxylic acids is 1. The predicted molar refractivity (Wildman–Crippen MR) is 166 cm³/mol. The molecule has 2 amide bonds. The Balaban J connectivity index is 0.000000631. The number of likely N-dealkylation sites (N-methyl/N-ethyl adjacent to an activating group) is 1. The highest BCUT2D eigenvalue weighted by atomic mass is 35.5. The molecule has 0 aromatic heterocycles. The molecule has 3 aliphatic rings. The molecule has 3 aliphatic heterocycles. The zero-order chi connectivity index (χ0) is 32.3. The molecule has 2 fully saturated rings. The minimum Gasteiger partial charge on any atom is -0.495 e. The number of nitrogens with one attached hydrogen (secondary N) is 2. The largest absolute Gasteiger partial charge is 0.495 e. The fourth-order valence-electron chi connectivity index (χ4n) is 4.71. The van der Waals surface area contributed by atoms with Gasteiger partial charge >= 0.3 is 12.1 Å². The molecule has 1 aromatic carbocycles. The summed E-state index contributed by atoms with van der Waals surface area (Å²) < 4.78 is 16.5. The van der Waals surface area contributed by atoms with E-state index in [9.17, 15) is 19.5 Å². The first kappa shape index (κ1) is 36.4. The molecule has 0 radical (unpaired) electrons. The van der Waals surface area contributed by atoms with Gasteiger partial charge in [0.15, 0.2) is 0 Å². The molecule has 13 heteroatoms. The smallest absolute Gasteiger partial charge is 0.409 e. The molecule has 0 saturated carbocycles. The number of rotatable bonds is 3. The number of alkyl halides is 1. The van der Waals surface area contributed by atoms with E-state index in [-0.39, 0.29) is 31.0 Å². The number of halogens is 2. The van der Waals surface area contributed by atoms with Crippen LogP contribution in [-0.4, -0.2) is 85.8 Å². The summed E-state index contributed by atoms with van der Waals surface area (Å²) >= 11 is 11.2. The summed E-state index contributed by atoms with van der Waals surface area (Å²) in [7, 11) is 4.87. The van der Waals surface area contributed by atoms with Gasteiger partial charge in [-0.25, -0.2) is 4.79 Å². The number of epoxide rings is 1. The molecule has 5 atom stereocenters. The zero-order valence-electron chi connectivity index (χ0n) is 25.5. The number of allylic oxidation sites excluding steroid dienone is 3. The van der Waals surface area contributed by atoms with Crippen LogP contribution >= 0.6 is 23.2 Å². The van der Waals surface area contributed by atoms with E-state index >= 15 is 0 Å². The number of alkyl carbamates (subject to hydrolysis) is 1. The van der Waals surface area contributed by atoms with Gasteiger partial charge in [-0.05, 0) is 51.4 Å². The van der Waals surface area contributed by atoms with Gasteiger partial charge in [-0.1, -0.05) is 35.4 Å². The Bertz CT molecular complexity index is 1190. The first-order chi connectivity index (χ1) is 20.4. The number of aliphatic carboxylic acids is 1. The number of fused-ring (bicyclic) bond motifs is 5. The average Bonchev–Trinajstić information content (AvgIpc) is 3.71. The number of amides is 2. The third-order valence-electron chi connectivity index (χ3n) is 7.29. The Morgan fingerprint density at radius 2 is 1.98 bits per heavy atom. The monoisotopic (exact) mass is 643 g/mol. The molecule has 2 saturated heterocycles. The van der Waals surface area contributed by atoms with Crippen LogP contribution in [0.15, 0.2) is 35.9 Å². The molecular formula is C30H43Cl2N3O8. The second-order valence-electron chi connectivity index (χ2n) is 10.6. The molecule has 1 aromatic rings. The zero-order valence-corrected chi connectivity index (χ0v) is 27.0. The van der Waals surface area contributed by atoms with Crippen LogP contribution in [0, 0.1) is 0 Å². The SMILES string of the molecule is CCl.CN[C@@H](C)C(=O)O.COc1cc2cc(c1Cl)N(C)C(=O)CCC1OC1CC1C[C@](O)(C/C=C/C=C(\C)C2)NC(=O)O1. The Kier molecular flexibility index (Phi) is 14.3. The molecule has 0 aliphatic carbocycles. The van der Waals surface area contributed by atoms with Crippen LogP contribution in [0.2, 0.25) is 5.02 Å². The van der Waals surface area contributed by atoms with E-state index in [4.69, 9.17) is 30.9 Å². The average molecular weight is 645 g/mol. The van der Waals surface area contributed by atoms with Crippen LogP contribution in [0.5, 0.6) is 5.75 Å². The topological polar surface area (TPSA) is 150 Å². The van der Waals surface area contributed by atoms with Crippen molar-refractivity contribution in [2.75, 3.05) is 32.5 Å². The van der Waals surface area contributed by atoms with E-state index < -0.39 is 29.9 Å². The fourth-order valence-corrected chi connectivity index (χ4v) is 5.02. The van der Waals surface area contributed by atoms with E-state index in [1.807, 2.05) is 37.3 Å². The number of ether oxygens (including phenoxy) is 3. The van der Waals surface area contributed by atoms with Crippen LogP contribution in [0.4, 0.5) is 10.5 Å². The van der Waals surface area contributed by atoms with Crippen molar-refractivity contribution in [1.29, 1.82) is 0 Å². The molecule has 11 nitrogen and oxygen atoms in total. The third-order valence-corrected chi connectivity index (χ3v) is 7.67. The quantitative estimate of drug-likeness (QED) is 0.277. The van der Waals surface area contributed by atoms with Gasteiger partial charge in [-0.15, -0.1) is 11.6 Å². The summed E-state index contributed by atoms with van der Waals surface area (Å²) in [6.45, 7) is 3.58. The number of nitrogens with zero attached hydrogens (tertiary/aromatic N) is 1. The highest BCUT2D eigenvalue weighted by Gasteiger charge is 2.45. The summed E-state index contributed by atoms with van der Waals surface area (Å²) in [6, 6.07) is 3.35. The van der Waals surface area contributed by atoms with Crippen molar-refractivity contribution in [2.45, 2.75) is 82.5 Å². The van der Waals surface area contributed by atoms with Gasteiger partial charge in [-0.3, -0.25) is 14.9 Å². The fraction of sp³-hybridized carbons (Fsp3) is 0.567. The normalized spacial score (nSPS) is 28.1. The predicted octanol–water partition coefficient (Wildman–Crippen LogP) is 4.42. The van der Waals surface area contributed by atoms with Crippen LogP contribution in [-0.2, 0) is 25.5 Å². The molecule has 240 valence electrons. The van der Waals surface area contributed by atoms with Gasteiger partial charge in [-0.2, -0.15) is 0 Å². The van der Waals surface area contributed by atoms with Crippen molar-refractivity contribution in [3.8, 4) is 5.75 Å². The highest BCUT2D eigenvalue weighted by Crippen LogP contribution is 2.38. The maximum atomic E-state index is 12.9. The van der Waals surface area contributed by atoms with Crippen molar-refractivity contribution in [3.63, 3.8) is 0 Å². The molecule has 0 spiro atoms. The first-order valence-corrected chi connectivity index (χ1v) is 15.1. The Morgan fingerprint density at radius 3 is 2.58 bits per heavy atom. The van der Waals surface area contributed by atoms with Crippen LogP contribution in [0.25, 0.3) is 0 Å².